The van der Waals surface area contributed by atoms with Crippen LogP contribution in [-0.2, 0) is 19.1 Å². The van der Waals surface area contributed by atoms with Gasteiger partial charge in [-0.25, -0.2) is 4.79 Å². The van der Waals surface area contributed by atoms with Gasteiger partial charge >= 0.3 is 5.97 Å². The molecule has 0 bridgehead atoms. The highest BCUT2D eigenvalue weighted by molar-refractivity contribution is 5.94. The maximum atomic E-state index is 13.1. The Morgan fingerprint density at radius 2 is 1.90 bits per heavy atom. The van der Waals surface area contributed by atoms with Gasteiger partial charge in [0.25, 0.3) is 0 Å². The molecule has 0 radical (unpaired) electrons. The first kappa shape index (κ1) is 23.2. The van der Waals surface area contributed by atoms with Gasteiger partial charge in [0.2, 0.25) is 11.8 Å². The normalized spacial score (nSPS) is 30.3. The van der Waals surface area contributed by atoms with Crippen LogP contribution in [0.25, 0.3) is 0 Å². The van der Waals surface area contributed by atoms with Crippen molar-refractivity contribution < 1.29 is 19.1 Å². The van der Waals surface area contributed by atoms with Crippen molar-refractivity contribution in [2.75, 3.05) is 20.2 Å². The molecule has 2 rings (SSSR count). The predicted molar refractivity (Wildman–Crippen MR) is 113 cm³/mol. The summed E-state index contributed by atoms with van der Waals surface area (Å²) in [5.74, 6) is -1.18. The zero-order valence-electron chi connectivity index (χ0n) is 18.1. The summed E-state index contributed by atoms with van der Waals surface area (Å²) in [6.45, 7) is 12.2. The van der Waals surface area contributed by atoms with Crippen molar-refractivity contribution in [1.29, 1.82) is 0 Å². The number of ether oxygens (including phenoxy) is 1. The number of carbonyl (C=O) groups excluding carboxylic acids is 3. The maximum absolute atomic E-state index is 13.1. The summed E-state index contributed by atoms with van der Waals surface area (Å²) in [6.07, 6.45) is 8.29. The minimum Gasteiger partial charge on any atom is -0.464 e. The van der Waals surface area contributed by atoms with Crippen molar-refractivity contribution in [2.24, 2.45) is 23.7 Å². The first-order valence-corrected chi connectivity index (χ1v) is 10.8. The number of unbranched alkanes of at least 4 members (excludes halogenated alkanes) is 2. The molecule has 2 fully saturated rings. The average molecular weight is 405 g/mol. The fourth-order valence-corrected chi connectivity index (χ4v) is 4.46. The summed E-state index contributed by atoms with van der Waals surface area (Å²) in [7, 11) is 1.81. The van der Waals surface area contributed by atoms with Crippen LogP contribution in [0.3, 0.4) is 0 Å². The number of rotatable bonds is 11. The molecule has 1 N–H and O–H groups in total. The van der Waals surface area contributed by atoms with Gasteiger partial charge in [-0.3, -0.25) is 9.59 Å². The number of nitrogens with zero attached hydrogens (tertiary/aromatic N) is 1. The molecule has 0 aromatic rings. The average Bonchev–Trinajstić information content (AvgIpc) is 3.27. The number of amides is 2. The standard InChI is InChI=1S/C23H36N2O4/c1-6-9-10-11-12-25(5)21(27)19-14-16(4)13-18(19)20(26)24-23(15-17(23)7-2)22(28)29-8-3/h6-7,16-19H,1-2,8-15H2,3-5H3,(H,24,26)/t16-,17-,18-,19-,23-/m1/s1. The van der Waals surface area contributed by atoms with E-state index in [9.17, 15) is 14.4 Å². The lowest BCUT2D eigenvalue weighted by atomic mass is 9.93. The van der Waals surface area contributed by atoms with Crippen molar-refractivity contribution in [3.05, 3.63) is 25.3 Å². The minimum absolute atomic E-state index is 0.0226. The van der Waals surface area contributed by atoms with Crippen molar-refractivity contribution in [1.82, 2.24) is 10.2 Å². The van der Waals surface area contributed by atoms with Gasteiger partial charge < -0.3 is 15.0 Å². The fourth-order valence-electron chi connectivity index (χ4n) is 4.46. The monoisotopic (exact) mass is 404 g/mol. The molecule has 0 aliphatic heterocycles. The highest BCUT2D eigenvalue weighted by atomic mass is 16.5. The van der Waals surface area contributed by atoms with E-state index in [1.165, 1.54) is 0 Å². The Morgan fingerprint density at radius 3 is 2.48 bits per heavy atom. The molecule has 0 aromatic carbocycles. The number of allylic oxidation sites excluding steroid dienone is 1. The summed E-state index contributed by atoms with van der Waals surface area (Å²) in [5, 5.41) is 2.93. The van der Waals surface area contributed by atoms with Gasteiger partial charge in [0.1, 0.15) is 5.54 Å². The quantitative estimate of drug-likeness (QED) is 0.326. The van der Waals surface area contributed by atoms with E-state index in [2.05, 4.69) is 25.4 Å². The zero-order chi connectivity index (χ0) is 21.6. The van der Waals surface area contributed by atoms with Gasteiger partial charge in [-0.1, -0.05) is 19.1 Å². The van der Waals surface area contributed by atoms with E-state index in [-0.39, 0.29) is 30.3 Å². The Labute approximate surface area is 174 Å². The molecular formula is C23H36N2O4. The smallest absolute Gasteiger partial charge is 0.332 e. The third-order valence-electron chi connectivity index (χ3n) is 6.27. The summed E-state index contributed by atoms with van der Waals surface area (Å²) < 4.78 is 5.18. The molecule has 2 aliphatic rings. The Morgan fingerprint density at radius 1 is 1.21 bits per heavy atom. The molecule has 0 heterocycles. The molecule has 5 atom stereocenters. The van der Waals surface area contributed by atoms with Crippen molar-refractivity contribution in [3.63, 3.8) is 0 Å². The molecule has 2 amide bonds. The van der Waals surface area contributed by atoms with Gasteiger partial charge in [0.05, 0.1) is 6.61 Å². The van der Waals surface area contributed by atoms with Crippen molar-refractivity contribution in [2.45, 2.75) is 57.9 Å². The van der Waals surface area contributed by atoms with Crippen LogP contribution < -0.4 is 5.32 Å². The first-order valence-electron chi connectivity index (χ1n) is 10.8. The summed E-state index contributed by atoms with van der Waals surface area (Å²) >= 11 is 0. The molecule has 0 unspecified atom stereocenters. The molecule has 29 heavy (non-hydrogen) atoms. The SMILES string of the molecule is C=CCCCCN(C)C(=O)[C@@H]1C[C@H](C)C[C@H]1C(=O)N[C@]1(C(=O)OCC)C[C@H]1C=C. The molecule has 162 valence electrons. The number of nitrogens with one attached hydrogen (secondary N) is 1. The van der Waals surface area contributed by atoms with E-state index in [0.29, 0.717) is 31.7 Å². The van der Waals surface area contributed by atoms with E-state index in [1.807, 2.05) is 13.1 Å². The molecule has 2 aliphatic carbocycles. The van der Waals surface area contributed by atoms with Crippen LogP contribution in [0.2, 0.25) is 0 Å². The van der Waals surface area contributed by atoms with Crippen LogP contribution >= 0.6 is 0 Å². The van der Waals surface area contributed by atoms with Crippen LogP contribution in [0.5, 0.6) is 0 Å². The molecular weight excluding hydrogens is 368 g/mol. The molecule has 2 saturated carbocycles. The van der Waals surface area contributed by atoms with Crippen molar-refractivity contribution >= 4 is 17.8 Å². The lowest BCUT2D eigenvalue weighted by molar-refractivity contribution is -0.150. The fraction of sp³-hybridized carbons (Fsp3) is 0.696. The molecule has 0 aromatic heterocycles. The molecule has 0 spiro atoms. The second kappa shape index (κ2) is 10.1. The van der Waals surface area contributed by atoms with E-state index in [0.717, 1.165) is 19.3 Å². The van der Waals surface area contributed by atoms with E-state index >= 15 is 0 Å². The van der Waals surface area contributed by atoms with Gasteiger partial charge in [0.15, 0.2) is 0 Å². The Hall–Kier alpha value is -2.11. The summed E-state index contributed by atoms with van der Waals surface area (Å²) in [4.78, 5) is 40.3. The molecule has 0 saturated heterocycles. The predicted octanol–water partition coefficient (Wildman–Crippen LogP) is 3.09. The van der Waals surface area contributed by atoms with Gasteiger partial charge in [-0.2, -0.15) is 0 Å². The number of hydrogen-bond donors (Lipinski definition) is 1. The topological polar surface area (TPSA) is 75.7 Å². The zero-order valence-corrected chi connectivity index (χ0v) is 18.1. The van der Waals surface area contributed by atoms with Gasteiger partial charge in [0, 0.05) is 31.3 Å². The van der Waals surface area contributed by atoms with Crippen LogP contribution in [-0.4, -0.2) is 48.4 Å². The minimum atomic E-state index is -1.01. The van der Waals surface area contributed by atoms with Crippen LogP contribution in [0.4, 0.5) is 0 Å². The van der Waals surface area contributed by atoms with Crippen LogP contribution in [0, 0.1) is 23.7 Å². The lowest BCUT2D eigenvalue weighted by Crippen LogP contribution is -2.50. The van der Waals surface area contributed by atoms with Gasteiger partial charge in [-0.05, 0) is 51.4 Å². The van der Waals surface area contributed by atoms with E-state index in [4.69, 9.17) is 4.74 Å². The third-order valence-corrected chi connectivity index (χ3v) is 6.27. The number of hydrogen-bond acceptors (Lipinski definition) is 4. The highest BCUT2D eigenvalue weighted by Crippen LogP contribution is 2.46. The summed E-state index contributed by atoms with van der Waals surface area (Å²) in [5.41, 5.74) is -1.01. The Balaban J connectivity index is 2.04. The molecule has 6 nitrogen and oxygen atoms in total. The molecule has 6 heteroatoms. The Kier molecular flexibility index (Phi) is 8.05. The van der Waals surface area contributed by atoms with Crippen LogP contribution in [0.15, 0.2) is 25.3 Å². The largest absolute Gasteiger partial charge is 0.464 e. The third kappa shape index (κ3) is 5.28. The van der Waals surface area contributed by atoms with Crippen molar-refractivity contribution in [3.8, 4) is 0 Å². The number of esters is 1. The number of carbonyl (C=O) groups is 3. The van der Waals surface area contributed by atoms with E-state index in [1.54, 1.807) is 17.9 Å². The lowest BCUT2D eigenvalue weighted by Gasteiger charge is -2.26. The van der Waals surface area contributed by atoms with Gasteiger partial charge in [-0.15, -0.1) is 13.2 Å². The maximum Gasteiger partial charge on any atom is 0.332 e. The highest BCUT2D eigenvalue weighted by Gasteiger charge is 2.62. The second-order valence-electron chi connectivity index (χ2n) is 8.56. The van der Waals surface area contributed by atoms with Crippen LogP contribution in [0.1, 0.15) is 52.4 Å². The summed E-state index contributed by atoms with van der Waals surface area (Å²) in [6, 6.07) is 0. The Bertz CT molecular complexity index is 647. The van der Waals surface area contributed by atoms with E-state index < -0.39 is 17.4 Å². The first-order chi connectivity index (χ1) is 13.8. The second-order valence-corrected chi connectivity index (χ2v) is 8.56.